The molecule has 3 aromatic rings. The van der Waals surface area contributed by atoms with Crippen LogP contribution in [0.1, 0.15) is 50.3 Å². The summed E-state index contributed by atoms with van der Waals surface area (Å²) >= 11 is 0. The van der Waals surface area contributed by atoms with E-state index in [0.717, 1.165) is 36.7 Å². The molecular formula is C24H26N6O3. The van der Waals surface area contributed by atoms with Crippen molar-refractivity contribution in [1.82, 2.24) is 29.5 Å². The number of benzene rings is 1. The average molecular weight is 447 g/mol. The number of carbonyl (C=O) groups excluding carboxylic acids is 1. The predicted octanol–water partition coefficient (Wildman–Crippen LogP) is 2.06. The highest BCUT2D eigenvalue weighted by Gasteiger charge is 2.30. The third-order valence-electron chi connectivity index (χ3n) is 6.47. The first-order valence-corrected chi connectivity index (χ1v) is 11.2. The van der Waals surface area contributed by atoms with Crippen LogP contribution in [-0.4, -0.2) is 72.7 Å². The second kappa shape index (κ2) is 9.11. The molecule has 1 fully saturated rings. The normalized spacial score (nSPS) is 18.7. The van der Waals surface area contributed by atoms with Gasteiger partial charge in [-0.25, -0.2) is 4.79 Å². The number of carboxylic acids is 1. The van der Waals surface area contributed by atoms with E-state index >= 15 is 0 Å². The standard InChI is InChI=1S/C24H26N6O3/c31-23(19-5-2-8-25-14-19)29-10-7-21-26-27-22(30(21)12-11-29)20-6-9-28(16-20)15-17-3-1-4-18(13-17)24(32)33/h1-5,8,13-14,20H,6-7,9-12,15-16H2,(H,32,33). The van der Waals surface area contributed by atoms with Gasteiger partial charge >= 0.3 is 5.97 Å². The predicted molar refractivity (Wildman–Crippen MR) is 120 cm³/mol. The molecule has 5 rings (SSSR count). The summed E-state index contributed by atoms with van der Waals surface area (Å²) in [6, 6.07) is 10.7. The smallest absolute Gasteiger partial charge is 0.335 e. The number of carboxylic acid groups (broad SMARTS) is 1. The highest BCUT2D eigenvalue weighted by Crippen LogP contribution is 2.28. The number of hydrogen-bond donors (Lipinski definition) is 1. The molecule has 9 nitrogen and oxygen atoms in total. The number of nitrogens with zero attached hydrogens (tertiary/aromatic N) is 6. The van der Waals surface area contributed by atoms with E-state index in [1.54, 1.807) is 42.7 Å². The summed E-state index contributed by atoms with van der Waals surface area (Å²) < 4.78 is 2.19. The third kappa shape index (κ3) is 4.49. The van der Waals surface area contributed by atoms with Gasteiger partial charge in [0.2, 0.25) is 0 Å². The molecule has 33 heavy (non-hydrogen) atoms. The van der Waals surface area contributed by atoms with E-state index in [0.29, 0.717) is 43.7 Å². The van der Waals surface area contributed by atoms with Gasteiger partial charge in [-0.1, -0.05) is 12.1 Å². The van der Waals surface area contributed by atoms with Gasteiger partial charge in [-0.3, -0.25) is 14.7 Å². The fourth-order valence-corrected chi connectivity index (χ4v) is 4.77. The Bertz CT molecular complexity index is 1160. The molecular weight excluding hydrogens is 420 g/mol. The molecule has 170 valence electrons. The van der Waals surface area contributed by atoms with Crippen molar-refractivity contribution >= 4 is 11.9 Å². The van der Waals surface area contributed by atoms with E-state index in [9.17, 15) is 14.7 Å². The molecule has 1 atom stereocenters. The molecule has 0 radical (unpaired) electrons. The Balaban J connectivity index is 1.24. The zero-order valence-electron chi connectivity index (χ0n) is 18.3. The van der Waals surface area contributed by atoms with E-state index in [1.807, 2.05) is 11.0 Å². The number of carbonyl (C=O) groups is 2. The van der Waals surface area contributed by atoms with Gasteiger partial charge in [0.05, 0.1) is 11.1 Å². The fraction of sp³-hybridized carbons (Fsp3) is 0.375. The van der Waals surface area contributed by atoms with Crippen LogP contribution < -0.4 is 0 Å². The van der Waals surface area contributed by atoms with Gasteiger partial charge in [-0.15, -0.1) is 10.2 Å². The molecule has 1 saturated heterocycles. The number of aromatic carboxylic acids is 1. The highest BCUT2D eigenvalue weighted by molar-refractivity contribution is 5.93. The van der Waals surface area contributed by atoms with Crippen molar-refractivity contribution in [1.29, 1.82) is 0 Å². The molecule has 0 saturated carbocycles. The summed E-state index contributed by atoms with van der Waals surface area (Å²) in [5.41, 5.74) is 1.92. The van der Waals surface area contributed by atoms with Crippen molar-refractivity contribution in [3.63, 3.8) is 0 Å². The Morgan fingerprint density at radius 1 is 1.03 bits per heavy atom. The SMILES string of the molecule is O=C(O)c1cccc(CN2CCC(c3nnc4n3CCN(C(=O)c3cccnc3)CC4)C2)c1. The van der Waals surface area contributed by atoms with E-state index in [1.165, 1.54) is 0 Å². The zero-order valence-corrected chi connectivity index (χ0v) is 18.3. The minimum atomic E-state index is -0.904. The summed E-state index contributed by atoms with van der Waals surface area (Å²) in [5.74, 6) is 1.29. The van der Waals surface area contributed by atoms with Crippen molar-refractivity contribution in [2.24, 2.45) is 0 Å². The Morgan fingerprint density at radius 3 is 2.73 bits per heavy atom. The first-order valence-electron chi connectivity index (χ1n) is 11.2. The molecule has 1 aromatic carbocycles. The lowest BCUT2D eigenvalue weighted by molar-refractivity contribution is 0.0695. The monoisotopic (exact) mass is 446 g/mol. The number of aromatic nitrogens is 4. The van der Waals surface area contributed by atoms with E-state index in [4.69, 9.17) is 0 Å². The van der Waals surface area contributed by atoms with Crippen LogP contribution in [-0.2, 0) is 19.5 Å². The summed E-state index contributed by atoms with van der Waals surface area (Å²) in [6.45, 7) is 4.41. The van der Waals surface area contributed by atoms with Gasteiger partial charge in [0.15, 0.2) is 0 Å². The van der Waals surface area contributed by atoms with Gasteiger partial charge in [0.25, 0.3) is 5.91 Å². The molecule has 0 aliphatic carbocycles. The maximum absolute atomic E-state index is 12.8. The quantitative estimate of drug-likeness (QED) is 0.640. The largest absolute Gasteiger partial charge is 0.478 e. The maximum atomic E-state index is 12.8. The Labute approximate surface area is 191 Å². The Hall–Kier alpha value is -3.59. The third-order valence-corrected chi connectivity index (χ3v) is 6.47. The van der Waals surface area contributed by atoms with Crippen LogP contribution in [0.4, 0.5) is 0 Å². The topological polar surface area (TPSA) is 104 Å². The van der Waals surface area contributed by atoms with Crippen LogP contribution >= 0.6 is 0 Å². The zero-order chi connectivity index (χ0) is 22.8. The molecule has 0 spiro atoms. The van der Waals surface area contributed by atoms with Crippen LogP contribution in [0.5, 0.6) is 0 Å². The van der Waals surface area contributed by atoms with Gasteiger partial charge in [-0.2, -0.15) is 0 Å². The second-order valence-electron chi connectivity index (χ2n) is 8.64. The van der Waals surface area contributed by atoms with Gasteiger partial charge in [-0.05, 0) is 42.8 Å². The molecule has 2 aliphatic heterocycles. The van der Waals surface area contributed by atoms with E-state index in [-0.39, 0.29) is 11.8 Å². The first-order chi connectivity index (χ1) is 16.1. The van der Waals surface area contributed by atoms with E-state index in [2.05, 4.69) is 24.6 Å². The highest BCUT2D eigenvalue weighted by atomic mass is 16.4. The Kier molecular flexibility index (Phi) is 5.87. The maximum Gasteiger partial charge on any atom is 0.335 e. The number of hydrogen-bond acceptors (Lipinski definition) is 6. The molecule has 1 unspecified atom stereocenters. The van der Waals surface area contributed by atoms with Gasteiger partial charge in [0, 0.05) is 57.5 Å². The number of pyridine rings is 1. The summed E-state index contributed by atoms with van der Waals surface area (Å²) in [4.78, 5) is 32.4. The number of likely N-dealkylation sites (tertiary alicyclic amines) is 1. The number of fused-ring (bicyclic) bond motifs is 1. The molecule has 0 bridgehead atoms. The molecule has 1 amide bonds. The first kappa shape index (κ1) is 21.3. The summed E-state index contributed by atoms with van der Waals surface area (Å²) in [5, 5.41) is 18.2. The average Bonchev–Trinajstić information content (AvgIpc) is 3.40. The lowest BCUT2D eigenvalue weighted by atomic mass is 10.1. The number of amides is 1. The minimum Gasteiger partial charge on any atom is -0.478 e. The molecule has 1 N–H and O–H groups in total. The fourth-order valence-electron chi connectivity index (χ4n) is 4.77. The lowest BCUT2D eigenvalue weighted by Crippen LogP contribution is -2.33. The molecule has 2 aromatic heterocycles. The summed E-state index contributed by atoms with van der Waals surface area (Å²) in [7, 11) is 0. The van der Waals surface area contributed by atoms with Crippen molar-refractivity contribution < 1.29 is 14.7 Å². The molecule has 2 aliphatic rings. The Morgan fingerprint density at radius 2 is 1.91 bits per heavy atom. The lowest BCUT2D eigenvalue weighted by Gasteiger charge is -2.20. The minimum absolute atomic E-state index is 0.000931. The van der Waals surface area contributed by atoms with Crippen LogP contribution in [0.15, 0.2) is 48.8 Å². The molecule has 9 heteroatoms. The van der Waals surface area contributed by atoms with Crippen molar-refractivity contribution in [3.8, 4) is 0 Å². The second-order valence-corrected chi connectivity index (χ2v) is 8.64. The van der Waals surface area contributed by atoms with Crippen molar-refractivity contribution in [2.75, 3.05) is 26.2 Å². The van der Waals surface area contributed by atoms with Gasteiger partial charge in [0.1, 0.15) is 11.6 Å². The van der Waals surface area contributed by atoms with Crippen LogP contribution in [0, 0.1) is 0 Å². The van der Waals surface area contributed by atoms with Crippen LogP contribution in [0.2, 0.25) is 0 Å². The van der Waals surface area contributed by atoms with Gasteiger partial charge < -0.3 is 14.6 Å². The van der Waals surface area contributed by atoms with Crippen molar-refractivity contribution in [3.05, 3.63) is 77.1 Å². The number of rotatable bonds is 5. The van der Waals surface area contributed by atoms with Crippen LogP contribution in [0.3, 0.4) is 0 Å². The van der Waals surface area contributed by atoms with E-state index < -0.39 is 5.97 Å². The molecule has 4 heterocycles. The van der Waals surface area contributed by atoms with Crippen molar-refractivity contribution in [2.45, 2.75) is 31.8 Å². The van der Waals surface area contributed by atoms with Crippen LogP contribution in [0.25, 0.3) is 0 Å². The summed E-state index contributed by atoms with van der Waals surface area (Å²) in [6.07, 6.45) is 4.94.